The van der Waals surface area contributed by atoms with Crippen molar-refractivity contribution in [1.29, 1.82) is 0 Å². The number of hydrogen-bond acceptors (Lipinski definition) is 2. The normalized spacial score (nSPS) is 10.5. The van der Waals surface area contributed by atoms with Gasteiger partial charge in [-0.2, -0.15) is 0 Å². The first-order chi connectivity index (χ1) is 10.6. The Morgan fingerprint density at radius 2 is 1.91 bits per heavy atom. The summed E-state index contributed by atoms with van der Waals surface area (Å²) >= 11 is 5.52. The monoisotopic (exact) mass is 321 g/mol. The van der Waals surface area contributed by atoms with Crippen LogP contribution >= 0.6 is 11.6 Å². The number of aryl methyl sites for hydroxylation is 1. The van der Waals surface area contributed by atoms with Crippen LogP contribution in [0, 0.1) is 12.7 Å². The van der Waals surface area contributed by atoms with Crippen LogP contribution in [0.3, 0.4) is 0 Å². The topological polar surface area (TPSA) is 38.3 Å². The Morgan fingerprint density at radius 1 is 1.18 bits per heavy atom. The summed E-state index contributed by atoms with van der Waals surface area (Å²) in [4.78, 5) is 11.5. The molecule has 2 aromatic carbocycles. The molecule has 0 atom stereocenters. The number of rotatable bonds is 6. The van der Waals surface area contributed by atoms with Gasteiger partial charge >= 0.3 is 0 Å². The Hall–Kier alpha value is -1.91. The van der Waals surface area contributed by atoms with E-state index >= 15 is 0 Å². The van der Waals surface area contributed by atoms with Crippen molar-refractivity contribution in [2.75, 3.05) is 11.2 Å². The number of nitrogens with one attached hydrogen (secondary N) is 1. The highest BCUT2D eigenvalue weighted by Gasteiger charge is 2.07. The summed E-state index contributed by atoms with van der Waals surface area (Å²) < 4.78 is 18.5. The number of carbonyl (C=O) groups excluding carboxylic acids is 1. The number of carbonyl (C=O) groups is 1. The molecular weight excluding hydrogens is 305 g/mol. The van der Waals surface area contributed by atoms with Gasteiger partial charge in [0.05, 0.1) is 13.2 Å². The Bertz CT molecular complexity index is 644. The summed E-state index contributed by atoms with van der Waals surface area (Å²) in [5.74, 6) is -0.621. The third-order valence-electron chi connectivity index (χ3n) is 3.10. The third-order valence-corrected chi connectivity index (χ3v) is 3.34. The quantitative estimate of drug-likeness (QED) is 0.816. The molecule has 0 spiro atoms. The molecule has 0 unspecified atom stereocenters. The van der Waals surface area contributed by atoms with Gasteiger partial charge in [0.15, 0.2) is 0 Å². The van der Waals surface area contributed by atoms with Crippen molar-refractivity contribution in [3.8, 4) is 0 Å². The Labute approximate surface area is 134 Å². The van der Waals surface area contributed by atoms with Crippen LogP contribution in [0.25, 0.3) is 0 Å². The molecule has 0 fully saturated rings. The second-order valence-electron chi connectivity index (χ2n) is 4.96. The first kappa shape index (κ1) is 16.5. The van der Waals surface area contributed by atoms with Crippen molar-refractivity contribution < 1.29 is 13.9 Å². The molecule has 1 N–H and O–H groups in total. The molecule has 2 rings (SSSR count). The van der Waals surface area contributed by atoms with Crippen molar-refractivity contribution in [1.82, 2.24) is 0 Å². The number of anilines is 1. The van der Waals surface area contributed by atoms with Crippen LogP contribution in [0.15, 0.2) is 42.5 Å². The smallest absolute Gasteiger partial charge is 0.239 e. The van der Waals surface area contributed by atoms with Crippen LogP contribution in [-0.4, -0.2) is 11.8 Å². The maximum atomic E-state index is 12.8. The van der Waals surface area contributed by atoms with Crippen LogP contribution in [0.5, 0.6) is 0 Å². The van der Waals surface area contributed by atoms with Crippen molar-refractivity contribution in [3.63, 3.8) is 0 Å². The Kier molecular flexibility index (Phi) is 5.92. The molecule has 1 amide bonds. The van der Waals surface area contributed by atoms with E-state index in [-0.39, 0.29) is 17.6 Å². The van der Waals surface area contributed by atoms with E-state index in [0.29, 0.717) is 18.9 Å². The fourth-order valence-electron chi connectivity index (χ4n) is 1.98. The third kappa shape index (κ3) is 4.83. The number of hydrogen-bond donors (Lipinski definition) is 1. The lowest BCUT2D eigenvalue weighted by Gasteiger charge is -2.12. The molecule has 3 nitrogen and oxygen atoms in total. The molecule has 5 heteroatoms. The van der Waals surface area contributed by atoms with Gasteiger partial charge in [-0.15, -0.1) is 11.6 Å². The lowest BCUT2D eigenvalue weighted by atomic mass is 10.1. The minimum Gasteiger partial charge on any atom is -0.372 e. The van der Waals surface area contributed by atoms with E-state index in [0.717, 1.165) is 16.7 Å². The van der Waals surface area contributed by atoms with Crippen LogP contribution in [0.4, 0.5) is 10.1 Å². The predicted octanol–water partition coefficient (Wildman–Crippen LogP) is 4.03. The van der Waals surface area contributed by atoms with Gasteiger partial charge in [0.2, 0.25) is 5.91 Å². The average Bonchev–Trinajstić information content (AvgIpc) is 2.51. The molecule has 0 radical (unpaired) electrons. The number of ether oxygens (including phenoxy) is 1. The average molecular weight is 322 g/mol. The van der Waals surface area contributed by atoms with Gasteiger partial charge in [0, 0.05) is 11.3 Å². The highest BCUT2D eigenvalue weighted by atomic mass is 35.5. The van der Waals surface area contributed by atoms with Crippen LogP contribution in [-0.2, 0) is 22.7 Å². The zero-order chi connectivity index (χ0) is 15.9. The lowest BCUT2D eigenvalue weighted by Crippen LogP contribution is -2.14. The number of alkyl halides is 1. The SMILES string of the molecule is Cc1ccc(COCc2ccc(F)cc2)c(NC(=O)CCl)c1. The van der Waals surface area contributed by atoms with Gasteiger partial charge in [0.1, 0.15) is 11.7 Å². The standard InChI is InChI=1S/C17H17ClFNO2/c1-12-2-5-14(16(8-12)20-17(21)9-18)11-22-10-13-3-6-15(19)7-4-13/h2-8H,9-11H2,1H3,(H,20,21). The first-order valence-electron chi connectivity index (χ1n) is 6.86. The van der Waals surface area contributed by atoms with Crippen molar-refractivity contribution in [2.24, 2.45) is 0 Å². The van der Waals surface area contributed by atoms with Gasteiger partial charge in [-0.25, -0.2) is 4.39 Å². The van der Waals surface area contributed by atoms with E-state index in [1.165, 1.54) is 12.1 Å². The molecule has 0 aromatic heterocycles. The molecule has 0 aliphatic rings. The van der Waals surface area contributed by atoms with Gasteiger partial charge in [-0.1, -0.05) is 24.3 Å². The van der Waals surface area contributed by atoms with Gasteiger partial charge in [0.25, 0.3) is 0 Å². The van der Waals surface area contributed by atoms with E-state index < -0.39 is 0 Å². The summed E-state index contributed by atoms with van der Waals surface area (Å²) in [6, 6.07) is 11.9. The molecule has 116 valence electrons. The molecule has 0 aliphatic carbocycles. The summed E-state index contributed by atoms with van der Waals surface area (Å²) in [6.45, 7) is 2.66. The zero-order valence-electron chi connectivity index (χ0n) is 12.2. The Morgan fingerprint density at radius 3 is 2.59 bits per heavy atom. The van der Waals surface area contributed by atoms with Gasteiger partial charge in [-0.05, 0) is 36.2 Å². The van der Waals surface area contributed by atoms with E-state index in [9.17, 15) is 9.18 Å². The molecule has 0 heterocycles. The van der Waals surface area contributed by atoms with Crippen LogP contribution in [0.1, 0.15) is 16.7 Å². The van der Waals surface area contributed by atoms with Crippen LogP contribution in [0.2, 0.25) is 0 Å². The van der Waals surface area contributed by atoms with Crippen molar-refractivity contribution >= 4 is 23.2 Å². The molecular formula is C17H17ClFNO2. The van der Waals surface area contributed by atoms with E-state index in [4.69, 9.17) is 16.3 Å². The summed E-state index contributed by atoms with van der Waals surface area (Å²) in [6.07, 6.45) is 0. The van der Waals surface area contributed by atoms with Gasteiger partial charge in [-0.3, -0.25) is 4.79 Å². The second-order valence-corrected chi connectivity index (χ2v) is 5.23. The van der Waals surface area contributed by atoms with Gasteiger partial charge < -0.3 is 10.1 Å². The number of benzene rings is 2. The van der Waals surface area contributed by atoms with E-state index in [1.54, 1.807) is 12.1 Å². The molecule has 0 bridgehead atoms. The van der Waals surface area contributed by atoms with Crippen molar-refractivity contribution in [3.05, 3.63) is 65.0 Å². The largest absolute Gasteiger partial charge is 0.372 e. The predicted molar refractivity (Wildman–Crippen MR) is 85.4 cm³/mol. The fourth-order valence-corrected chi connectivity index (χ4v) is 2.04. The fraction of sp³-hybridized carbons (Fsp3) is 0.235. The molecule has 0 aliphatic heterocycles. The maximum Gasteiger partial charge on any atom is 0.239 e. The zero-order valence-corrected chi connectivity index (χ0v) is 13.0. The highest BCUT2D eigenvalue weighted by molar-refractivity contribution is 6.29. The van der Waals surface area contributed by atoms with E-state index in [1.807, 2.05) is 25.1 Å². The summed E-state index contributed by atoms with van der Waals surface area (Å²) in [5, 5.41) is 2.76. The maximum absolute atomic E-state index is 12.8. The molecule has 0 saturated carbocycles. The van der Waals surface area contributed by atoms with E-state index in [2.05, 4.69) is 5.32 Å². The molecule has 0 saturated heterocycles. The minimum atomic E-state index is -0.270. The Balaban J connectivity index is 1.99. The summed E-state index contributed by atoms with van der Waals surface area (Å²) in [7, 11) is 0. The van der Waals surface area contributed by atoms with Crippen molar-refractivity contribution in [2.45, 2.75) is 20.1 Å². The van der Waals surface area contributed by atoms with Crippen LogP contribution < -0.4 is 5.32 Å². The lowest BCUT2D eigenvalue weighted by molar-refractivity contribution is -0.113. The number of halogens is 2. The number of amides is 1. The highest BCUT2D eigenvalue weighted by Crippen LogP contribution is 2.19. The second kappa shape index (κ2) is 7.92. The minimum absolute atomic E-state index is 0.0934. The molecule has 2 aromatic rings. The molecule has 22 heavy (non-hydrogen) atoms. The summed E-state index contributed by atoms with van der Waals surface area (Å²) in [5.41, 5.74) is 3.49. The first-order valence-corrected chi connectivity index (χ1v) is 7.39.